The molecule has 1 atom stereocenters. The van der Waals surface area contributed by atoms with Crippen molar-refractivity contribution < 1.29 is 0 Å². The zero-order chi connectivity index (χ0) is 12.6. The monoisotopic (exact) mass is 226 g/mol. The van der Waals surface area contributed by atoms with Crippen molar-refractivity contribution in [1.29, 1.82) is 0 Å². The topological polar surface area (TPSA) is 15.3 Å². The SMILES string of the molecule is C=CCN(CCC)C(C)CCNC(C)(C)C. The van der Waals surface area contributed by atoms with Gasteiger partial charge in [0.15, 0.2) is 0 Å². The van der Waals surface area contributed by atoms with Crippen LogP contribution in [0.25, 0.3) is 0 Å². The van der Waals surface area contributed by atoms with E-state index >= 15 is 0 Å². The highest BCUT2D eigenvalue weighted by Crippen LogP contribution is 2.06. The number of rotatable bonds is 8. The predicted molar refractivity (Wildman–Crippen MR) is 73.9 cm³/mol. The van der Waals surface area contributed by atoms with Crippen molar-refractivity contribution in [3.05, 3.63) is 12.7 Å². The van der Waals surface area contributed by atoms with Gasteiger partial charge in [-0.15, -0.1) is 6.58 Å². The summed E-state index contributed by atoms with van der Waals surface area (Å²) in [6.45, 7) is 18.3. The molecule has 0 aromatic rings. The van der Waals surface area contributed by atoms with Crippen molar-refractivity contribution in [2.24, 2.45) is 0 Å². The number of hydrogen-bond acceptors (Lipinski definition) is 2. The molecule has 1 N–H and O–H groups in total. The van der Waals surface area contributed by atoms with Gasteiger partial charge in [0.1, 0.15) is 0 Å². The van der Waals surface area contributed by atoms with Crippen LogP contribution in [-0.4, -0.2) is 36.1 Å². The van der Waals surface area contributed by atoms with Gasteiger partial charge in [-0.2, -0.15) is 0 Å². The van der Waals surface area contributed by atoms with E-state index in [0.29, 0.717) is 6.04 Å². The van der Waals surface area contributed by atoms with Gasteiger partial charge in [0.2, 0.25) is 0 Å². The molecule has 0 fully saturated rings. The van der Waals surface area contributed by atoms with E-state index in [1.807, 2.05) is 6.08 Å². The van der Waals surface area contributed by atoms with E-state index in [1.54, 1.807) is 0 Å². The lowest BCUT2D eigenvalue weighted by Gasteiger charge is -2.29. The van der Waals surface area contributed by atoms with Gasteiger partial charge >= 0.3 is 0 Å². The van der Waals surface area contributed by atoms with Gasteiger partial charge in [0.05, 0.1) is 0 Å². The zero-order valence-corrected chi connectivity index (χ0v) is 11.8. The van der Waals surface area contributed by atoms with Crippen LogP contribution in [0.2, 0.25) is 0 Å². The van der Waals surface area contributed by atoms with Crippen molar-refractivity contribution in [1.82, 2.24) is 10.2 Å². The summed E-state index contributed by atoms with van der Waals surface area (Å²) in [5, 5.41) is 3.54. The van der Waals surface area contributed by atoms with Gasteiger partial charge in [-0.25, -0.2) is 0 Å². The molecule has 0 bridgehead atoms. The summed E-state index contributed by atoms with van der Waals surface area (Å²) in [4.78, 5) is 2.50. The number of nitrogens with one attached hydrogen (secondary N) is 1. The van der Waals surface area contributed by atoms with Gasteiger partial charge in [-0.05, 0) is 53.6 Å². The van der Waals surface area contributed by atoms with Gasteiger partial charge in [-0.1, -0.05) is 13.0 Å². The second-order valence-corrected chi connectivity index (χ2v) is 5.60. The second-order valence-electron chi connectivity index (χ2n) is 5.60. The summed E-state index contributed by atoms with van der Waals surface area (Å²) in [5.74, 6) is 0. The molecule has 0 radical (unpaired) electrons. The molecule has 0 heterocycles. The van der Waals surface area contributed by atoms with E-state index in [9.17, 15) is 0 Å². The maximum atomic E-state index is 3.83. The molecule has 0 aliphatic rings. The molecular formula is C14H30N2. The van der Waals surface area contributed by atoms with Crippen LogP contribution < -0.4 is 5.32 Å². The van der Waals surface area contributed by atoms with E-state index in [2.05, 4.69) is 51.4 Å². The molecule has 0 aromatic carbocycles. The van der Waals surface area contributed by atoms with E-state index in [-0.39, 0.29) is 5.54 Å². The predicted octanol–water partition coefficient (Wildman–Crippen LogP) is 3.05. The number of hydrogen-bond donors (Lipinski definition) is 1. The lowest BCUT2D eigenvalue weighted by atomic mass is 10.1. The molecule has 16 heavy (non-hydrogen) atoms. The van der Waals surface area contributed by atoms with Crippen LogP contribution in [0, 0.1) is 0 Å². The Hall–Kier alpha value is -0.340. The molecule has 0 amide bonds. The van der Waals surface area contributed by atoms with Gasteiger partial charge in [-0.3, -0.25) is 4.90 Å². The van der Waals surface area contributed by atoms with Crippen LogP contribution in [0.15, 0.2) is 12.7 Å². The Balaban J connectivity index is 3.90. The third-order valence-electron chi connectivity index (χ3n) is 2.72. The first-order valence-electron chi connectivity index (χ1n) is 6.50. The molecule has 0 aliphatic heterocycles. The molecule has 0 saturated heterocycles. The first-order valence-corrected chi connectivity index (χ1v) is 6.50. The Bertz CT molecular complexity index is 182. The van der Waals surface area contributed by atoms with Gasteiger partial charge < -0.3 is 5.32 Å². The molecule has 2 nitrogen and oxygen atoms in total. The van der Waals surface area contributed by atoms with Crippen LogP contribution in [0.1, 0.15) is 47.5 Å². The highest BCUT2D eigenvalue weighted by atomic mass is 15.1. The van der Waals surface area contributed by atoms with Crippen LogP contribution >= 0.6 is 0 Å². The average molecular weight is 226 g/mol. The van der Waals surface area contributed by atoms with Crippen molar-refractivity contribution in [3.63, 3.8) is 0 Å². The fraction of sp³-hybridized carbons (Fsp3) is 0.857. The average Bonchev–Trinajstić information content (AvgIpc) is 2.15. The molecule has 96 valence electrons. The molecule has 2 heteroatoms. The summed E-state index contributed by atoms with van der Waals surface area (Å²) < 4.78 is 0. The maximum Gasteiger partial charge on any atom is 0.0163 e. The standard InChI is InChI=1S/C14H30N2/c1-7-11-16(12-8-2)13(3)9-10-15-14(4,5)6/h7,13,15H,1,8-12H2,2-6H3. The smallest absolute Gasteiger partial charge is 0.0163 e. The molecule has 0 rings (SSSR count). The fourth-order valence-corrected chi connectivity index (χ4v) is 1.78. The Morgan fingerprint density at radius 3 is 2.44 bits per heavy atom. The normalized spacial score (nSPS) is 14.1. The quantitative estimate of drug-likeness (QED) is 0.640. The molecule has 0 aliphatic carbocycles. The summed E-state index contributed by atoms with van der Waals surface area (Å²) in [7, 11) is 0. The molecule has 0 saturated carbocycles. The van der Waals surface area contributed by atoms with Crippen LogP contribution in [0.3, 0.4) is 0 Å². The molecule has 0 spiro atoms. The van der Waals surface area contributed by atoms with Crippen LogP contribution in [0.5, 0.6) is 0 Å². The molecule has 1 unspecified atom stereocenters. The lowest BCUT2D eigenvalue weighted by Crippen LogP contribution is -2.40. The minimum atomic E-state index is 0.230. The Morgan fingerprint density at radius 2 is 2.00 bits per heavy atom. The highest BCUT2D eigenvalue weighted by molar-refractivity contribution is 4.78. The Labute approximate surface area is 102 Å². The Kier molecular flexibility index (Phi) is 7.69. The minimum absolute atomic E-state index is 0.230. The van der Waals surface area contributed by atoms with Crippen LogP contribution in [-0.2, 0) is 0 Å². The third-order valence-corrected chi connectivity index (χ3v) is 2.72. The van der Waals surface area contributed by atoms with Crippen molar-refractivity contribution in [3.8, 4) is 0 Å². The molecular weight excluding hydrogens is 196 g/mol. The number of nitrogens with zero attached hydrogens (tertiary/aromatic N) is 1. The van der Waals surface area contributed by atoms with Crippen molar-refractivity contribution in [2.45, 2.75) is 59.0 Å². The van der Waals surface area contributed by atoms with Crippen molar-refractivity contribution in [2.75, 3.05) is 19.6 Å². The van der Waals surface area contributed by atoms with Crippen LogP contribution in [0.4, 0.5) is 0 Å². The summed E-state index contributed by atoms with van der Waals surface area (Å²) in [5.41, 5.74) is 0.230. The first-order chi connectivity index (χ1) is 7.40. The fourth-order valence-electron chi connectivity index (χ4n) is 1.78. The largest absolute Gasteiger partial charge is 0.312 e. The van der Waals surface area contributed by atoms with E-state index < -0.39 is 0 Å². The summed E-state index contributed by atoms with van der Waals surface area (Å²) in [6.07, 6.45) is 4.42. The maximum absolute atomic E-state index is 3.83. The van der Waals surface area contributed by atoms with Gasteiger partial charge in [0.25, 0.3) is 0 Å². The summed E-state index contributed by atoms with van der Waals surface area (Å²) in [6, 6.07) is 0.632. The lowest BCUT2D eigenvalue weighted by molar-refractivity contribution is 0.216. The van der Waals surface area contributed by atoms with E-state index in [0.717, 1.165) is 13.1 Å². The first kappa shape index (κ1) is 15.7. The highest BCUT2D eigenvalue weighted by Gasteiger charge is 2.13. The summed E-state index contributed by atoms with van der Waals surface area (Å²) >= 11 is 0. The Morgan fingerprint density at radius 1 is 1.38 bits per heavy atom. The van der Waals surface area contributed by atoms with E-state index in [4.69, 9.17) is 0 Å². The van der Waals surface area contributed by atoms with E-state index in [1.165, 1.54) is 19.4 Å². The second kappa shape index (κ2) is 7.86. The van der Waals surface area contributed by atoms with Gasteiger partial charge in [0, 0.05) is 18.1 Å². The van der Waals surface area contributed by atoms with Crippen molar-refractivity contribution >= 4 is 0 Å². The minimum Gasteiger partial charge on any atom is -0.312 e. The third kappa shape index (κ3) is 7.89. The zero-order valence-electron chi connectivity index (χ0n) is 11.8. The molecule has 0 aromatic heterocycles.